The Morgan fingerprint density at radius 2 is 1.70 bits per heavy atom. The molecule has 2 amide bonds. The van der Waals surface area contributed by atoms with Gasteiger partial charge in [-0.15, -0.1) is 11.3 Å². The Balaban J connectivity index is 1.82. The Morgan fingerprint density at radius 1 is 1.09 bits per heavy atom. The number of anilines is 2. The van der Waals surface area contributed by atoms with Crippen molar-refractivity contribution in [2.75, 3.05) is 24.2 Å². The van der Waals surface area contributed by atoms with Gasteiger partial charge >= 0.3 is 0 Å². The zero-order valence-electron chi connectivity index (χ0n) is 12.9. The molecule has 0 atom stereocenters. The molecule has 5 nitrogen and oxygen atoms in total. The Labute approximate surface area is 147 Å². The lowest BCUT2D eigenvalue weighted by Crippen LogP contribution is -2.29. The smallest absolute Gasteiger partial charge is 0.238 e. The maximum absolute atomic E-state index is 12.1. The highest BCUT2D eigenvalue weighted by atomic mass is 79.9. The molecule has 0 bridgehead atoms. The molecule has 0 unspecified atom stereocenters. The fourth-order valence-corrected chi connectivity index (χ4v) is 3.61. The summed E-state index contributed by atoms with van der Waals surface area (Å²) in [5.74, 6) is -0.195. The van der Waals surface area contributed by atoms with E-state index in [1.807, 2.05) is 24.1 Å². The first kappa shape index (κ1) is 17.7. The van der Waals surface area contributed by atoms with E-state index in [9.17, 15) is 9.59 Å². The number of carbonyl (C=O) groups excluding carboxylic acids is 2. The van der Waals surface area contributed by atoms with Gasteiger partial charge in [0.15, 0.2) is 0 Å². The number of amides is 2. The second-order valence-electron chi connectivity index (χ2n) is 5.18. The molecule has 0 aliphatic rings. The fraction of sp³-hybridized carbons (Fsp3) is 0.250. The minimum absolute atomic E-state index is 0.0737. The molecule has 0 aliphatic carbocycles. The summed E-state index contributed by atoms with van der Waals surface area (Å²) in [6, 6.07) is 11.1. The molecule has 2 N–H and O–H groups in total. The van der Waals surface area contributed by atoms with Crippen molar-refractivity contribution in [2.24, 2.45) is 0 Å². The Morgan fingerprint density at radius 3 is 2.22 bits per heavy atom. The third-order valence-corrected chi connectivity index (χ3v) is 4.57. The van der Waals surface area contributed by atoms with E-state index in [-0.39, 0.29) is 11.8 Å². The van der Waals surface area contributed by atoms with Gasteiger partial charge in [0.1, 0.15) is 0 Å². The van der Waals surface area contributed by atoms with E-state index in [0.29, 0.717) is 17.9 Å². The summed E-state index contributed by atoms with van der Waals surface area (Å²) in [5.41, 5.74) is 1.41. The molecule has 0 aliphatic heterocycles. The molecule has 1 aromatic heterocycles. The molecule has 122 valence electrons. The number of carbonyl (C=O) groups is 2. The quantitative estimate of drug-likeness (QED) is 0.785. The van der Waals surface area contributed by atoms with E-state index in [1.165, 1.54) is 11.8 Å². The second kappa shape index (κ2) is 8.24. The molecule has 23 heavy (non-hydrogen) atoms. The summed E-state index contributed by atoms with van der Waals surface area (Å²) >= 11 is 5.09. The summed E-state index contributed by atoms with van der Waals surface area (Å²) < 4.78 is 1.09. The SMILES string of the molecule is CC(=O)Nc1ccc(NC(=O)CN(C)Cc2ccc(Br)s2)cc1. The largest absolute Gasteiger partial charge is 0.326 e. The van der Waals surface area contributed by atoms with Gasteiger partial charge in [-0.05, 0) is 59.4 Å². The van der Waals surface area contributed by atoms with Gasteiger partial charge in [0.2, 0.25) is 11.8 Å². The number of halogens is 1. The Kier molecular flexibility index (Phi) is 6.32. The van der Waals surface area contributed by atoms with E-state index in [4.69, 9.17) is 0 Å². The van der Waals surface area contributed by atoms with Crippen LogP contribution in [0.25, 0.3) is 0 Å². The fourth-order valence-electron chi connectivity index (χ4n) is 2.04. The third kappa shape index (κ3) is 6.13. The van der Waals surface area contributed by atoms with E-state index >= 15 is 0 Å². The molecule has 7 heteroatoms. The molecule has 2 aromatic rings. The molecule has 1 aromatic carbocycles. The summed E-state index contributed by atoms with van der Waals surface area (Å²) in [5, 5.41) is 5.53. The summed E-state index contributed by atoms with van der Waals surface area (Å²) in [4.78, 5) is 26.2. The molecule has 2 rings (SSSR count). The van der Waals surface area contributed by atoms with Crippen molar-refractivity contribution in [3.63, 3.8) is 0 Å². The average molecular weight is 396 g/mol. The van der Waals surface area contributed by atoms with Gasteiger partial charge < -0.3 is 10.6 Å². The minimum atomic E-state index is -0.122. The number of thiophene rings is 1. The highest BCUT2D eigenvalue weighted by molar-refractivity contribution is 9.11. The predicted molar refractivity (Wildman–Crippen MR) is 97.7 cm³/mol. The first-order chi connectivity index (χ1) is 10.9. The van der Waals surface area contributed by atoms with Crippen LogP contribution in [0.3, 0.4) is 0 Å². The number of nitrogens with one attached hydrogen (secondary N) is 2. The van der Waals surface area contributed by atoms with Crippen molar-refractivity contribution in [3.05, 3.63) is 45.1 Å². The Hall–Kier alpha value is -1.70. The standard InChI is InChI=1S/C16H18BrN3O2S/c1-11(21)18-12-3-5-13(6-4-12)19-16(22)10-20(2)9-14-7-8-15(17)23-14/h3-8H,9-10H2,1-2H3,(H,18,21)(H,19,22). The Bertz CT molecular complexity index is 685. The highest BCUT2D eigenvalue weighted by Crippen LogP contribution is 2.23. The number of hydrogen-bond donors (Lipinski definition) is 2. The lowest BCUT2D eigenvalue weighted by atomic mass is 10.2. The van der Waals surface area contributed by atoms with Crippen LogP contribution in [0.4, 0.5) is 11.4 Å². The van der Waals surface area contributed by atoms with Crippen molar-refractivity contribution < 1.29 is 9.59 Å². The van der Waals surface area contributed by atoms with Crippen LogP contribution in [0.2, 0.25) is 0 Å². The first-order valence-corrected chi connectivity index (χ1v) is 8.63. The second-order valence-corrected chi connectivity index (χ2v) is 7.73. The summed E-state index contributed by atoms with van der Waals surface area (Å²) in [6.07, 6.45) is 0. The lowest BCUT2D eigenvalue weighted by molar-refractivity contribution is -0.117. The van der Waals surface area contributed by atoms with E-state index in [2.05, 4.69) is 26.6 Å². The topological polar surface area (TPSA) is 61.4 Å². The van der Waals surface area contributed by atoms with Crippen LogP contribution in [0.5, 0.6) is 0 Å². The lowest BCUT2D eigenvalue weighted by Gasteiger charge is -2.15. The van der Waals surface area contributed by atoms with Gasteiger partial charge in [-0.1, -0.05) is 0 Å². The van der Waals surface area contributed by atoms with Crippen LogP contribution < -0.4 is 10.6 Å². The van der Waals surface area contributed by atoms with Gasteiger partial charge in [0.25, 0.3) is 0 Å². The van der Waals surface area contributed by atoms with Gasteiger partial charge in [-0.25, -0.2) is 0 Å². The van der Waals surface area contributed by atoms with E-state index in [0.717, 1.165) is 10.3 Å². The molecule has 0 radical (unpaired) electrons. The molecular formula is C16H18BrN3O2S. The van der Waals surface area contributed by atoms with Gasteiger partial charge in [0.05, 0.1) is 10.3 Å². The van der Waals surface area contributed by atoms with Crippen LogP contribution in [0.1, 0.15) is 11.8 Å². The zero-order valence-corrected chi connectivity index (χ0v) is 15.3. The highest BCUT2D eigenvalue weighted by Gasteiger charge is 2.09. The van der Waals surface area contributed by atoms with Crippen LogP contribution in [-0.2, 0) is 16.1 Å². The number of rotatable bonds is 6. The predicted octanol–water partition coefficient (Wildman–Crippen LogP) is 3.54. The average Bonchev–Trinajstić information content (AvgIpc) is 2.85. The normalized spacial score (nSPS) is 10.6. The van der Waals surface area contributed by atoms with Crippen molar-refractivity contribution in [3.8, 4) is 0 Å². The number of benzene rings is 1. The molecule has 0 fully saturated rings. The number of nitrogens with zero attached hydrogens (tertiary/aromatic N) is 1. The van der Waals surface area contributed by atoms with Crippen LogP contribution in [-0.4, -0.2) is 30.3 Å². The van der Waals surface area contributed by atoms with Gasteiger partial charge in [-0.3, -0.25) is 14.5 Å². The van der Waals surface area contributed by atoms with Crippen molar-refractivity contribution >= 4 is 50.5 Å². The molecule has 0 saturated carbocycles. The van der Waals surface area contributed by atoms with Crippen LogP contribution in [0, 0.1) is 0 Å². The molecule has 0 spiro atoms. The molecule has 0 saturated heterocycles. The maximum Gasteiger partial charge on any atom is 0.238 e. The minimum Gasteiger partial charge on any atom is -0.326 e. The molecule has 1 heterocycles. The summed E-state index contributed by atoms with van der Waals surface area (Å²) in [6.45, 7) is 2.49. The number of hydrogen-bond acceptors (Lipinski definition) is 4. The van der Waals surface area contributed by atoms with Gasteiger partial charge in [0, 0.05) is 29.7 Å². The third-order valence-electron chi connectivity index (χ3n) is 2.96. The molecular weight excluding hydrogens is 378 g/mol. The van der Waals surface area contributed by atoms with Gasteiger partial charge in [-0.2, -0.15) is 0 Å². The van der Waals surface area contributed by atoms with Crippen molar-refractivity contribution in [2.45, 2.75) is 13.5 Å². The number of likely N-dealkylation sites (N-methyl/N-ethyl adjacent to an activating group) is 1. The zero-order chi connectivity index (χ0) is 16.8. The van der Waals surface area contributed by atoms with Crippen LogP contribution in [0.15, 0.2) is 40.2 Å². The van der Waals surface area contributed by atoms with Crippen LogP contribution >= 0.6 is 27.3 Å². The summed E-state index contributed by atoms with van der Waals surface area (Å²) in [7, 11) is 1.91. The van der Waals surface area contributed by atoms with Crippen molar-refractivity contribution in [1.82, 2.24) is 4.90 Å². The van der Waals surface area contributed by atoms with E-state index < -0.39 is 0 Å². The van der Waals surface area contributed by atoms with E-state index in [1.54, 1.807) is 35.6 Å². The monoisotopic (exact) mass is 395 g/mol. The maximum atomic E-state index is 12.1. The first-order valence-electron chi connectivity index (χ1n) is 7.02. The van der Waals surface area contributed by atoms with Crippen molar-refractivity contribution in [1.29, 1.82) is 0 Å².